The van der Waals surface area contributed by atoms with Crippen molar-refractivity contribution >= 4 is 0 Å². The lowest BCUT2D eigenvalue weighted by molar-refractivity contribution is -0.145. The van der Waals surface area contributed by atoms with Crippen molar-refractivity contribution in [1.29, 1.82) is 0 Å². The normalized spacial score (nSPS) is 14.4. The number of alkyl halides is 3. The van der Waals surface area contributed by atoms with Gasteiger partial charge in [0, 0.05) is 19.1 Å². The van der Waals surface area contributed by atoms with Crippen molar-refractivity contribution in [3.8, 4) is 0 Å². The zero-order valence-corrected chi connectivity index (χ0v) is 12.7. The second kappa shape index (κ2) is 9.59. The van der Waals surface area contributed by atoms with Gasteiger partial charge in [0.1, 0.15) is 0 Å². The molecule has 0 saturated heterocycles. The van der Waals surface area contributed by atoms with E-state index in [1.165, 1.54) is 4.90 Å². The monoisotopic (exact) mass is 282 g/mol. The smallest absolute Gasteiger partial charge is 0.313 e. The number of hydrogen-bond donors (Lipinski definition) is 1. The van der Waals surface area contributed by atoms with E-state index in [1.807, 2.05) is 6.92 Å². The molecule has 5 heteroatoms. The molecule has 0 bridgehead atoms. The molecule has 0 radical (unpaired) electrons. The third-order valence-electron chi connectivity index (χ3n) is 3.04. The molecule has 0 saturated carbocycles. The molecule has 0 aromatic rings. The summed E-state index contributed by atoms with van der Waals surface area (Å²) in [6.07, 6.45) is -1.13. The summed E-state index contributed by atoms with van der Waals surface area (Å²) >= 11 is 0. The fourth-order valence-corrected chi connectivity index (χ4v) is 1.99. The van der Waals surface area contributed by atoms with Crippen LogP contribution in [0.25, 0.3) is 0 Å². The van der Waals surface area contributed by atoms with Gasteiger partial charge in [-0.15, -0.1) is 0 Å². The molecule has 0 amide bonds. The minimum Gasteiger partial charge on any atom is -0.313 e. The van der Waals surface area contributed by atoms with Gasteiger partial charge >= 0.3 is 6.18 Å². The second-order valence-corrected chi connectivity index (χ2v) is 5.72. The van der Waals surface area contributed by atoms with Gasteiger partial charge < -0.3 is 5.32 Å². The molecule has 0 aliphatic heterocycles. The Hall–Kier alpha value is -0.290. The maximum atomic E-state index is 12.4. The lowest BCUT2D eigenvalue weighted by atomic mass is 10.0. The van der Waals surface area contributed by atoms with Crippen LogP contribution in [-0.4, -0.2) is 43.3 Å². The van der Waals surface area contributed by atoms with Crippen molar-refractivity contribution in [2.75, 3.05) is 26.2 Å². The predicted molar refractivity (Wildman–Crippen MR) is 74.3 cm³/mol. The van der Waals surface area contributed by atoms with Crippen LogP contribution < -0.4 is 5.32 Å². The van der Waals surface area contributed by atoms with E-state index < -0.39 is 12.7 Å². The summed E-state index contributed by atoms with van der Waals surface area (Å²) in [7, 11) is 0. The maximum absolute atomic E-state index is 12.4. The molecule has 0 rings (SSSR count). The van der Waals surface area contributed by atoms with Crippen molar-refractivity contribution in [2.45, 2.75) is 59.2 Å². The lowest BCUT2D eigenvalue weighted by Gasteiger charge is -2.24. The molecule has 0 aromatic heterocycles. The Labute approximate surface area is 115 Å². The third kappa shape index (κ3) is 12.5. The van der Waals surface area contributed by atoms with Gasteiger partial charge in [0.05, 0.1) is 6.54 Å². The fourth-order valence-electron chi connectivity index (χ4n) is 1.99. The van der Waals surface area contributed by atoms with Crippen molar-refractivity contribution < 1.29 is 13.2 Å². The topological polar surface area (TPSA) is 15.3 Å². The Kier molecular flexibility index (Phi) is 9.44. The van der Waals surface area contributed by atoms with Gasteiger partial charge in [-0.1, -0.05) is 20.8 Å². The SMILES string of the molecule is CCCN(CCNC(C)CCC(C)C)CC(F)(F)F. The minimum atomic E-state index is -4.10. The standard InChI is InChI=1S/C14H29F3N2/c1-5-9-19(11-14(15,16)17)10-8-18-13(4)7-6-12(2)3/h12-13,18H,5-11H2,1-4H3. The number of hydrogen-bond acceptors (Lipinski definition) is 2. The molecular weight excluding hydrogens is 253 g/mol. The minimum absolute atomic E-state index is 0.372. The lowest BCUT2D eigenvalue weighted by Crippen LogP contribution is -2.40. The first-order chi connectivity index (χ1) is 8.74. The first-order valence-corrected chi connectivity index (χ1v) is 7.27. The molecule has 2 nitrogen and oxygen atoms in total. The van der Waals surface area contributed by atoms with Crippen molar-refractivity contribution in [3.05, 3.63) is 0 Å². The van der Waals surface area contributed by atoms with Crippen LogP contribution in [0.15, 0.2) is 0 Å². The summed E-state index contributed by atoms with van der Waals surface area (Å²) in [5.74, 6) is 0.672. The predicted octanol–water partition coefficient (Wildman–Crippen LogP) is 3.68. The van der Waals surface area contributed by atoms with Crippen LogP contribution in [0.2, 0.25) is 0 Å². The number of halogens is 3. The number of rotatable bonds is 10. The molecule has 0 aliphatic rings. The van der Waals surface area contributed by atoms with Crippen molar-refractivity contribution in [3.63, 3.8) is 0 Å². The van der Waals surface area contributed by atoms with Crippen LogP contribution in [0.5, 0.6) is 0 Å². The van der Waals surface area contributed by atoms with Crippen molar-refractivity contribution in [2.24, 2.45) is 5.92 Å². The van der Waals surface area contributed by atoms with Gasteiger partial charge in [-0.25, -0.2) is 0 Å². The van der Waals surface area contributed by atoms with E-state index in [9.17, 15) is 13.2 Å². The Bertz CT molecular complexity index is 217. The first kappa shape index (κ1) is 18.7. The number of nitrogens with one attached hydrogen (secondary N) is 1. The molecule has 0 aromatic carbocycles. The second-order valence-electron chi connectivity index (χ2n) is 5.72. The zero-order chi connectivity index (χ0) is 14.9. The Morgan fingerprint density at radius 3 is 2.16 bits per heavy atom. The Morgan fingerprint density at radius 2 is 1.68 bits per heavy atom. The summed E-state index contributed by atoms with van der Waals surface area (Å²) in [6.45, 7) is 9.13. The largest absolute Gasteiger partial charge is 0.401 e. The van der Waals surface area contributed by atoms with Gasteiger partial charge in [0.25, 0.3) is 0 Å². The molecule has 1 unspecified atom stereocenters. The fraction of sp³-hybridized carbons (Fsp3) is 1.00. The van der Waals surface area contributed by atoms with Crippen LogP contribution in [-0.2, 0) is 0 Å². The average Bonchev–Trinajstić information content (AvgIpc) is 2.24. The van der Waals surface area contributed by atoms with E-state index in [2.05, 4.69) is 26.1 Å². The van der Waals surface area contributed by atoms with Crippen molar-refractivity contribution in [1.82, 2.24) is 10.2 Å². The van der Waals surface area contributed by atoms with Crippen LogP contribution >= 0.6 is 0 Å². The van der Waals surface area contributed by atoms with E-state index in [4.69, 9.17) is 0 Å². The summed E-state index contributed by atoms with van der Waals surface area (Å²) in [5, 5.41) is 3.30. The van der Waals surface area contributed by atoms with Gasteiger partial charge in [0.2, 0.25) is 0 Å². The molecule has 1 atom stereocenters. The highest BCUT2D eigenvalue weighted by Gasteiger charge is 2.30. The summed E-state index contributed by atoms with van der Waals surface area (Å²) in [6, 6.07) is 0.372. The van der Waals surface area contributed by atoms with Crippen LogP contribution in [0.4, 0.5) is 13.2 Å². The van der Waals surface area contributed by atoms with Gasteiger partial charge in [0.15, 0.2) is 0 Å². The quantitative estimate of drug-likeness (QED) is 0.657. The summed E-state index contributed by atoms with van der Waals surface area (Å²) < 4.78 is 37.1. The molecule has 0 heterocycles. The summed E-state index contributed by atoms with van der Waals surface area (Å²) in [4.78, 5) is 1.47. The van der Waals surface area contributed by atoms with E-state index in [-0.39, 0.29) is 0 Å². The molecule has 0 fully saturated rings. The first-order valence-electron chi connectivity index (χ1n) is 7.27. The number of nitrogens with zero attached hydrogens (tertiary/aromatic N) is 1. The van der Waals surface area contributed by atoms with Crippen LogP contribution in [0.1, 0.15) is 47.0 Å². The molecule has 1 N–H and O–H groups in total. The Morgan fingerprint density at radius 1 is 1.05 bits per heavy atom. The van der Waals surface area contributed by atoms with Crippen LogP contribution in [0.3, 0.4) is 0 Å². The van der Waals surface area contributed by atoms with E-state index in [0.717, 1.165) is 19.3 Å². The average molecular weight is 282 g/mol. The third-order valence-corrected chi connectivity index (χ3v) is 3.04. The van der Waals surface area contributed by atoms with E-state index in [1.54, 1.807) is 0 Å². The Balaban J connectivity index is 3.85. The molecular formula is C14H29F3N2. The maximum Gasteiger partial charge on any atom is 0.401 e. The zero-order valence-electron chi connectivity index (χ0n) is 12.7. The molecule has 0 aliphatic carbocycles. The summed E-state index contributed by atoms with van der Waals surface area (Å²) in [5.41, 5.74) is 0. The molecule has 19 heavy (non-hydrogen) atoms. The van der Waals surface area contributed by atoms with E-state index in [0.29, 0.717) is 31.6 Å². The van der Waals surface area contributed by atoms with Crippen LogP contribution in [0, 0.1) is 5.92 Å². The molecule has 0 spiro atoms. The van der Waals surface area contributed by atoms with E-state index >= 15 is 0 Å². The highest BCUT2D eigenvalue weighted by Crippen LogP contribution is 2.16. The van der Waals surface area contributed by atoms with Gasteiger partial charge in [-0.3, -0.25) is 4.90 Å². The van der Waals surface area contributed by atoms with Gasteiger partial charge in [-0.2, -0.15) is 13.2 Å². The highest BCUT2D eigenvalue weighted by molar-refractivity contribution is 4.67. The van der Waals surface area contributed by atoms with Gasteiger partial charge in [-0.05, 0) is 38.6 Å². The highest BCUT2D eigenvalue weighted by atomic mass is 19.4. The molecule has 116 valence electrons.